The van der Waals surface area contributed by atoms with Gasteiger partial charge in [-0.1, -0.05) is 36.4 Å². The highest BCUT2D eigenvalue weighted by Gasteiger charge is 2.18. The van der Waals surface area contributed by atoms with E-state index in [1.54, 1.807) is 41.3 Å². The fourth-order valence-corrected chi connectivity index (χ4v) is 4.17. The van der Waals surface area contributed by atoms with E-state index in [0.29, 0.717) is 36.7 Å². The van der Waals surface area contributed by atoms with E-state index in [9.17, 15) is 13.2 Å². The molecule has 0 saturated carbocycles. The molecule has 3 rings (SSSR count). The number of rotatable bonds is 9. The molecule has 0 atom stereocenters. The van der Waals surface area contributed by atoms with Crippen molar-refractivity contribution in [1.82, 2.24) is 4.90 Å². The van der Waals surface area contributed by atoms with Crippen molar-refractivity contribution in [1.29, 1.82) is 0 Å². The molecular formula is C24H26N2O4S. The minimum absolute atomic E-state index is 0.0370. The van der Waals surface area contributed by atoms with Crippen LogP contribution in [0.2, 0.25) is 0 Å². The molecule has 31 heavy (non-hydrogen) atoms. The zero-order valence-electron chi connectivity index (χ0n) is 17.6. The average Bonchev–Trinajstić information content (AvgIpc) is 2.80. The first kappa shape index (κ1) is 22.4. The molecule has 0 radical (unpaired) electrons. The zero-order chi connectivity index (χ0) is 22.3. The number of hydrogen-bond acceptors (Lipinski definition) is 4. The maximum absolute atomic E-state index is 12.8. The summed E-state index contributed by atoms with van der Waals surface area (Å²) in [6.07, 6.45) is 0. The van der Waals surface area contributed by atoms with Gasteiger partial charge in [0.05, 0.1) is 4.90 Å². The van der Waals surface area contributed by atoms with Gasteiger partial charge in [0.25, 0.3) is 15.9 Å². The van der Waals surface area contributed by atoms with E-state index in [1.165, 1.54) is 12.1 Å². The van der Waals surface area contributed by atoms with Crippen LogP contribution in [-0.2, 0) is 16.6 Å². The zero-order valence-corrected chi connectivity index (χ0v) is 18.4. The smallest absolute Gasteiger partial charge is 0.261 e. The number of anilines is 1. The molecule has 3 aromatic rings. The lowest BCUT2D eigenvalue weighted by Gasteiger charge is -2.19. The number of carbonyl (C=O) groups excluding carboxylic acids is 1. The molecule has 0 aromatic heterocycles. The van der Waals surface area contributed by atoms with Gasteiger partial charge in [0, 0.05) is 24.3 Å². The lowest BCUT2D eigenvalue weighted by atomic mass is 10.2. The largest absolute Gasteiger partial charge is 0.489 e. The predicted octanol–water partition coefficient (Wildman–Crippen LogP) is 4.55. The monoisotopic (exact) mass is 438 g/mol. The molecule has 6 nitrogen and oxygen atoms in total. The van der Waals surface area contributed by atoms with Crippen LogP contribution in [0.5, 0.6) is 5.75 Å². The van der Waals surface area contributed by atoms with Gasteiger partial charge in [0.2, 0.25) is 0 Å². The number of sulfonamides is 1. The molecule has 7 heteroatoms. The summed E-state index contributed by atoms with van der Waals surface area (Å²) < 4.78 is 33.9. The predicted molar refractivity (Wildman–Crippen MR) is 122 cm³/mol. The van der Waals surface area contributed by atoms with Crippen LogP contribution in [0.25, 0.3) is 0 Å². The van der Waals surface area contributed by atoms with Gasteiger partial charge in [0.15, 0.2) is 0 Å². The van der Waals surface area contributed by atoms with Crippen molar-refractivity contribution in [2.45, 2.75) is 25.3 Å². The van der Waals surface area contributed by atoms with Crippen LogP contribution in [0.15, 0.2) is 83.8 Å². The molecule has 0 saturated heterocycles. The summed E-state index contributed by atoms with van der Waals surface area (Å²) in [7, 11) is -3.84. The molecule has 0 spiro atoms. The van der Waals surface area contributed by atoms with E-state index in [-0.39, 0.29) is 10.8 Å². The fraction of sp³-hybridized carbons (Fsp3) is 0.208. The van der Waals surface area contributed by atoms with Crippen LogP contribution in [0.4, 0.5) is 5.69 Å². The van der Waals surface area contributed by atoms with Gasteiger partial charge in [-0.2, -0.15) is 0 Å². The molecule has 0 heterocycles. The van der Waals surface area contributed by atoms with E-state index in [2.05, 4.69) is 4.72 Å². The second kappa shape index (κ2) is 10.1. The number of carbonyl (C=O) groups is 1. The Kier molecular flexibility index (Phi) is 7.31. The molecule has 0 fully saturated rings. The molecule has 3 aromatic carbocycles. The molecule has 0 aliphatic carbocycles. The maximum atomic E-state index is 12.8. The van der Waals surface area contributed by atoms with Crippen molar-refractivity contribution < 1.29 is 17.9 Å². The van der Waals surface area contributed by atoms with Crippen molar-refractivity contribution in [3.8, 4) is 5.75 Å². The Balaban J connectivity index is 1.69. The lowest BCUT2D eigenvalue weighted by molar-refractivity contribution is 0.0772. The molecule has 1 N–H and O–H groups in total. The van der Waals surface area contributed by atoms with Gasteiger partial charge in [-0.3, -0.25) is 9.52 Å². The van der Waals surface area contributed by atoms with E-state index in [0.717, 1.165) is 5.56 Å². The Morgan fingerprint density at radius 1 is 0.903 bits per heavy atom. The van der Waals surface area contributed by atoms with Crippen molar-refractivity contribution in [2.24, 2.45) is 0 Å². The number of hydrogen-bond donors (Lipinski definition) is 1. The van der Waals surface area contributed by atoms with E-state index in [1.807, 2.05) is 44.2 Å². The van der Waals surface area contributed by atoms with Gasteiger partial charge in [0.1, 0.15) is 12.4 Å². The van der Waals surface area contributed by atoms with E-state index >= 15 is 0 Å². The second-order valence-electron chi connectivity index (χ2n) is 6.91. The Labute approximate surface area is 183 Å². The fourth-order valence-electron chi connectivity index (χ4n) is 3.06. The standard InChI is InChI=1S/C24H26N2O4S/c1-3-26(4-2)24(27)20-11-8-12-23(17-20)31(28,29)25-21-13-15-22(16-14-21)30-18-19-9-6-5-7-10-19/h5-17,25H,3-4,18H2,1-2H3. The first-order chi connectivity index (χ1) is 14.9. The SMILES string of the molecule is CCN(CC)C(=O)c1cccc(S(=O)(=O)Nc2ccc(OCc3ccccc3)cc2)c1. The van der Waals surface area contributed by atoms with Crippen molar-refractivity contribution in [3.63, 3.8) is 0 Å². The summed E-state index contributed by atoms with van der Waals surface area (Å²) in [5, 5.41) is 0. The summed E-state index contributed by atoms with van der Waals surface area (Å²) in [5.41, 5.74) is 1.80. The molecule has 0 aliphatic rings. The van der Waals surface area contributed by atoms with Crippen LogP contribution in [-0.4, -0.2) is 32.3 Å². The maximum Gasteiger partial charge on any atom is 0.261 e. The molecule has 0 bridgehead atoms. The number of nitrogens with zero attached hydrogens (tertiary/aromatic N) is 1. The highest BCUT2D eigenvalue weighted by Crippen LogP contribution is 2.21. The molecule has 1 amide bonds. The first-order valence-electron chi connectivity index (χ1n) is 10.1. The Morgan fingerprint density at radius 3 is 2.23 bits per heavy atom. The van der Waals surface area contributed by atoms with Crippen LogP contribution in [0, 0.1) is 0 Å². The van der Waals surface area contributed by atoms with E-state index < -0.39 is 10.0 Å². The van der Waals surface area contributed by atoms with Gasteiger partial charge in [-0.15, -0.1) is 0 Å². The topological polar surface area (TPSA) is 75.7 Å². The highest BCUT2D eigenvalue weighted by molar-refractivity contribution is 7.92. The van der Waals surface area contributed by atoms with Crippen molar-refractivity contribution in [2.75, 3.05) is 17.8 Å². The summed E-state index contributed by atoms with van der Waals surface area (Å²) in [4.78, 5) is 14.2. The van der Waals surface area contributed by atoms with Crippen LogP contribution >= 0.6 is 0 Å². The van der Waals surface area contributed by atoms with Crippen LogP contribution < -0.4 is 9.46 Å². The highest BCUT2D eigenvalue weighted by atomic mass is 32.2. The number of benzene rings is 3. The molecule has 0 unspecified atom stereocenters. The molecular weight excluding hydrogens is 412 g/mol. The third kappa shape index (κ3) is 5.86. The average molecular weight is 439 g/mol. The normalized spacial score (nSPS) is 11.0. The Morgan fingerprint density at radius 2 is 1.58 bits per heavy atom. The minimum atomic E-state index is -3.84. The third-order valence-corrected chi connectivity index (χ3v) is 6.18. The summed E-state index contributed by atoms with van der Waals surface area (Å²) in [6, 6.07) is 22.6. The van der Waals surface area contributed by atoms with Gasteiger partial charge < -0.3 is 9.64 Å². The van der Waals surface area contributed by atoms with Gasteiger partial charge >= 0.3 is 0 Å². The summed E-state index contributed by atoms with van der Waals surface area (Å²) in [5.74, 6) is 0.445. The van der Waals surface area contributed by atoms with Gasteiger partial charge in [-0.05, 0) is 61.9 Å². The molecule has 162 valence electrons. The molecule has 0 aliphatic heterocycles. The number of nitrogens with one attached hydrogen (secondary N) is 1. The number of amides is 1. The Hall–Kier alpha value is -3.32. The number of ether oxygens (including phenoxy) is 1. The van der Waals surface area contributed by atoms with Crippen LogP contribution in [0.3, 0.4) is 0 Å². The minimum Gasteiger partial charge on any atom is -0.489 e. The summed E-state index contributed by atoms with van der Waals surface area (Å²) in [6.45, 7) is 5.32. The summed E-state index contributed by atoms with van der Waals surface area (Å²) >= 11 is 0. The van der Waals surface area contributed by atoms with Crippen LogP contribution in [0.1, 0.15) is 29.8 Å². The van der Waals surface area contributed by atoms with Crippen molar-refractivity contribution >= 4 is 21.6 Å². The van der Waals surface area contributed by atoms with Crippen molar-refractivity contribution in [3.05, 3.63) is 90.0 Å². The quantitative estimate of drug-likeness (QED) is 0.532. The first-order valence-corrected chi connectivity index (χ1v) is 11.6. The second-order valence-corrected chi connectivity index (χ2v) is 8.59. The van der Waals surface area contributed by atoms with Gasteiger partial charge in [-0.25, -0.2) is 8.42 Å². The Bertz CT molecular complexity index is 1110. The van der Waals surface area contributed by atoms with E-state index in [4.69, 9.17) is 4.74 Å². The third-order valence-electron chi connectivity index (χ3n) is 4.80. The lowest BCUT2D eigenvalue weighted by Crippen LogP contribution is -2.30.